The summed E-state index contributed by atoms with van der Waals surface area (Å²) in [5.41, 5.74) is 2.18. The molecule has 16 atom stereocenters. The number of hydrogen-bond donors (Lipinski definition) is 4. The number of hydrogen-bond acceptors (Lipinski definition) is 18. The van der Waals surface area contributed by atoms with Gasteiger partial charge >= 0.3 is 5.97 Å². The zero-order chi connectivity index (χ0) is 53.5. The molecule has 1 unspecified atom stereocenters. The second-order valence-corrected chi connectivity index (χ2v) is 21.6. The number of ether oxygens (including phenoxy) is 8. The number of benzene rings is 1. The third kappa shape index (κ3) is 16.3. The first-order valence-electron chi connectivity index (χ1n) is 26.1. The summed E-state index contributed by atoms with van der Waals surface area (Å²) in [6.07, 6.45) is -1.40. The van der Waals surface area contributed by atoms with Crippen molar-refractivity contribution in [3.8, 4) is 0 Å². The number of aliphatic hydroxyl groups excluding tert-OH is 3. The molecule has 74 heavy (non-hydrogen) atoms. The minimum atomic E-state index is -1.26. The number of oxime groups is 1. The number of esters is 1. The first-order chi connectivity index (χ1) is 35.5. The molecule has 1 aliphatic carbocycles. The van der Waals surface area contributed by atoms with E-state index in [2.05, 4.69) is 10.5 Å². The van der Waals surface area contributed by atoms with Crippen LogP contribution in [0.1, 0.15) is 93.3 Å². The molecule has 4 aliphatic rings. The van der Waals surface area contributed by atoms with E-state index in [1.54, 1.807) is 51.2 Å². The first-order valence-corrected chi connectivity index (χ1v) is 26.9. The highest BCUT2D eigenvalue weighted by Gasteiger charge is 2.48. The largest absolute Gasteiger partial charge is 0.462 e. The van der Waals surface area contributed by atoms with Crippen LogP contribution >= 0.6 is 11.3 Å². The first kappa shape index (κ1) is 59.3. The number of nitrogens with one attached hydrogen (secondary N) is 1. The number of thiophene rings is 1. The van der Waals surface area contributed by atoms with E-state index in [4.69, 9.17) is 42.7 Å². The lowest BCUT2D eigenvalue weighted by Crippen LogP contribution is -2.63. The fraction of sp³-hybridized carbons (Fsp3) is 0.673. The van der Waals surface area contributed by atoms with Gasteiger partial charge in [0.2, 0.25) is 0 Å². The van der Waals surface area contributed by atoms with Crippen LogP contribution in [0.2, 0.25) is 0 Å². The van der Waals surface area contributed by atoms with Crippen LogP contribution < -0.4 is 5.32 Å². The van der Waals surface area contributed by atoms with Crippen molar-refractivity contribution in [3.05, 3.63) is 81.6 Å². The molecule has 1 aromatic carbocycles. The third-order valence-corrected chi connectivity index (χ3v) is 15.8. The Kier molecular flexibility index (Phi) is 23.2. The summed E-state index contributed by atoms with van der Waals surface area (Å²) in [6, 6.07) is 12.5. The van der Waals surface area contributed by atoms with Gasteiger partial charge in [0.15, 0.2) is 18.7 Å². The summed E-state index contributed by atoms with van der Waals surface area (Å²) < 4.78 is 50.4. The van der Waals surface area contributed by atoms with Crippen LogP contribution in [0, 0.1) is 23.7 Å². The van der Waals surface area contributed by atoms with Crippen LogP contribution in [0.25, 0.3) is 0 Å². The van der Waals surface area contributed by atoms with Crippen LogP contribution in [0.15, 0.2) is 71.4 Å². The van der Waals surface area contributed by atoms with Crippen molar-refractivity contribution in [2.24, 2.45) is 28.8 Å². The molecule has 19 heteroatoms. The van der Waals surface area contributed by atoms with E-state index in [0.29, 0.717) is 49.2 Å². The number of allylic oxidation sites excluding steroid dienone is 3. The van der Waals surface area contributed by atoms with E-state index < -0.39 is 97.1 Å². The van der Waals surface area contributed by atoms with Crippen LogP contribution in [0.5, 0.6) is 0 Å². The molecular formula is C55H81N3O15S. The van der Waals surface area contributed by atoms with Crippen molar-refractivity contribution in [1.82, 2.24) is 10.2 Å². The minimum absolute atomic E-state index is 0.0303. The maximum absolute atomic E-state index is 14.5. The third-order valence-electron chi connectivity index (χ3n) is 14.7. The van der Waals surface area contributed by atoms with Gasteiger partial charge in [0.05, 0.1) is 73.8 Å². The number of methoxy groups -OCH3 is 2. The summed E-state index contributed by atoms with van der Waals surface area (Å²) >= 11 is 1.30. The zero-order valence-electron chi connectivity index (χ0n) is 44.5. The second-order valence-electron chi connectivity index (χ2n) is 20.4. The summed E-state index contributed by atoms with van der Waals surface area (Å²) in [4.78, 5) is 50.5. The lowest BCUT2D eigenvalue weighted by molar-refractivity contribution is -0.305. The van der Waals surface area contributed by atoms with Gasteiger partial charge in [-0.1, -0.05) is 74.0 Å². The van der Waals surface area contributed by atoms with E-state index in [-0.39, 0.29) is 57.1 Å². The molecule has 2 aromatic rings. The standard InChI is InChI=1S/C55H81N3O15S/c1-10-43-38(28-68-44-20-19-42(60)52(65-8)53(44)66-9)24-32(2)16-18-41(59)33(3)25-37-22-23-67-29-39(57-70-31-40-17-21-46(74-40)54(64)56-27-36-14-12-11-13-15-36)30-69-45(26-47(61)72-43)34(4)51(37)73-55-50(63)48(58(6)7)49(62)35(5)71-55/h11-18,21,24,33-35,37-38,42-45,48-53,55,60,62-63H,10,19-20,22-23,25-31H2,1-9H3,(H,56,64)/b18-16+,32-24+,57-39+/t33-,34+,35-,37?,38-,42-,43-,44-,45-,48+,49-,50-,51-,52-,53+,55+/m1/s1. The molecule has 412 valence electrons. The fourth-order valence-corrected chi connectivity index (χ4v) is 11.3. The number of carbonyl (C=O) groups is 3. The Morgan fingerprint density at radius 2 is 1.69 bits per heavy atom. The van der Waals surface area contributed by atoms with Crippen LogP contribution in [-0.2, 0) is 65.5 Å². The number of rotatable bonds is 15. The molecular weight excluding hydrogens is 975 g/mol. The van der Waals surface area contributed by atoms with Crippen LogP contribution in [0.4, 0.5) is 0 Å². The maximum Gasteiger partial charge on any atom is 0.308 e. The highest BCUT2D eigenvalue weighted by atomic mass is 32.1. The number of amides is 1. The molecule has 18 nitrogen and oxygen atoms in total. The van der Waals surface area contributed by atoms with Gasteiger partial charge in [0, 0.05) is 50.0 Å². The average molecular weight is 1060 g/mol. The highest BCUT2D eigenvalue weighted by molar-refractivity contribution is 7.14. The van der Waals surface area contributed by atoms with Gasteiger partial charge in [-0.25, -0.2) is 0 Å². The number of nitrogens with zero attached hydrogens (tertiary/aromatic N) is 2. The Hall–Kier alpha value is -3.96. The number of likely N-dealkylation sites (N-methyl/N-ethyl adjacent to an activating group) is 1. The minimum Gasteiger partial charge on any atom is -0.462 e. The summed E-state index contributed by atoms with van der Waals surface area (Å²) in [5, 5.41) is 41.0. The van der Waals surface area contributed by atoms with Gasteiger partial charge in [-0.15, -0.1) is 11.3 Å². The number of aliphatic hydroxyl groups is 3. The lowest BCUT2D eigenvalue weighted by Gasteiger charge is -2.47. The molecule has 2 bridgehead atoms. The Balaban J connectivity index is 1.29. The molecule has 4 heterocycles. The van der Waals surface area contributed by atoms with Crippen molar-refractivity contribution >= 4 is 34.7 Å². The molecule has 4 N–H and O–H groups in total. The molecule has 1 aromatic heterocycles. The SMILES string of the molecule is CC[C@H]1OC(=O)C[C@H]2OC/C(=N/OCc3ccc(C(=O)NCc4ccccc4)s3)COCCC(C[C@@H](C)C(=O)/C=C/C(C)=C/[C@@H]1CO[C@@H]1CC[C@@H](O)[C@@H](OC)[C@H]1OC)[C@H](O[C@@H]1O[C@H](C)[C@@H](O)[C@H](N(C)C)[C@H]1O)[C@H]2C. The van der Waals surface area contributed by atoms with Gasteiger partial charge < -0.3 is 68.3 Å². The monoisotopic (exact) mass is 1060 g/mol. The Labute approximate surface area is 440 Å². The van der Waals surface area contributed by atoms with Gasteiger partial charge in [-0.3, -0.25) is 14.4 Å². The molecule has 6 rings (SSSR count). The summed E-state index contributed by atoms with van der Waals surface area (Å²) in [7, 11) is 6.63. The van der Waals surface area contributed by atoms with E-state index in [1.807, 2.05) is 70.2 Å². The van der Waals surface area contributed by atoms with Crippen molar-refractivity contribution in [3.63, 3.8) is 0 Å². The molecule has 1 amide bonds. The average Bonchev–Trinajstić information content (AvgIpc) is 3.86. The van der Waals surface area contributed by atoms with Crippen molar-refractivity contribution in [2.75, 3.05) is 54.7 Å². The molecule has 3 fully saturated rings. The summed E-state index contributed by atoms with van der Waals surface area (Å²) in [5.74, 6) is -2.73. The van der Waals surface area contributed by atoms with Gasteiger partial charge in [0.1, 0.15) is 30.1 Å². The number of carbonyl (C=O) groups excluding carboxylic acids is 3. The van der Waals surface area contributed by atoms with E-state index in [9.17, 15) is 29.7 Å². The van der Waals surface area contributed by atoms with Crippen molar-refractivity contribution in [1.29, 1.82) is 0 Å². The van der Waals surface area contributed by atoms with E-state index in [0.717, 1.165) is 16.0 Å². The van der Waals surface area contributed by atoms with Crippen molar-refractivity contribution < 1.29 is 72.4 Å². The predicted molar refractivity (Wildman–Crippen MR) is 277 cm³/mol. The number of fused-ring (bicyclic) bond motifs is 3. The summed E-state index contributed by atoms with van der Waals surface area (Å²) in [6.45, 7) is 10.1. The van der Waals surface area contributed by atoms with Gasteiger partial charge in [-0.05, 0) is 89.7 Å². The predicted octanol–water partition coefficient (Wildman–Crippen LogP) is 5.40. The highest BCUT2D eigenvalue weighted by Crippen LogP contribution is 2.36. The maximum atomic E-state index is 14.5. The second kappa shape index (κ2) is 29.0. The fourth-order valence-electron chi connectivity index (χ4n) is 10.5. The normalized spacial score (nSPS) is 35.9. The van der Waals surface area contributed by atoms with E-state index >= 15 is 0 Å². The zero-order valence-corrected chi connectivity index (χ0v) is 45.4. The molecule has 2 saturated heterocycles. The molecule has 0 spiro atoms. The van der Waals surface area contributed by atoms with Crippen LogP contribution in [-0.4, -0.2) is 172 Å². The van der Waals surface area contributed by atoms with Gasteiger partial charge in [-0.2, -0.15) is 0 Å². The topological polar surface area (TPSA) is 223 Å². The quantitative estimate of drug-likeness (QED) is 0.130. The molecule has 1 saturated carbocycles. The van der Waals surface area contributed by atoms with Gasteiger partial charge in [0.25, 0.3) is 5.91 Å². The lowest BCUT2D eigenvalue weighted by atomic mass is 9.79. The Morgan fingerprint density at radius 1 is 0.932 bits per heavy atom. The molecule has 0 radical (unpaired) electrons. The van der Waals surface area contributed by atoms with Crippen molar-refractivity contribution in [2.45, 2.75) is 160 Å². The Bertz CT molecular complexity index is 2170. The Morgan fingerprint density at radius 3 is 2.41 bits per heavy atom. The number of cyclic esters (lactones) is 1. The van der Waals surface area contributed by atoms with Crippen LogP contribution in [0.3, 0.4) is 0 Å². The smallest absolute Gasteiger partial charge is 0.308 e. The van der Waals surface area contributed by atoms with E-state index in [1.165, 1.54) is 18.4 Å². The molecule has 3 aliphatic heterocycles. The number of ketones is 1.